The number of hydrogen-bond acceptors (Lipinski definition) is 6. The van der Waals surface area contributed by atoms with Crippen molar-refractivity contribution in [3.05, 3.63) is 91.9 Å². The zero-order valence-corrected chi connectivity index (χ0v) is 21.3. The molecule has 5 rings (SSSR count). The number of methoxy groups -OCH3 is 1. The largest absolute Gasteiger partial charge is 0.497 e. The van der Waals surface area contributed by atoms with Gasteiger partial charge in [0.1, 0.15) is 11.6 Å². The van der Waals surface area contributed by atoms with E-state index in [0.717, 1.165) is 16.8 Å². The number of benzene rings is 2. The molecule has 0 saturated carbocycles. The number of nitrogens with zero attached hydrogens (tertiary/aromatic N) is 1. The van der Waals surface area contributed by atoms with Crippen LogP contribution >= 0.6 is 23.4 Å². The highest BCUT2D eigenvalue weighted by molar-refractivity contribution is 7.98. The molecule has 6 nitrogen and oxygen atoms in total. The quantitative estimate of drug-likeness (QED) is 0.329. The average molecular weight is 508 g/mol. The number of ketones is 1. The van der Waals surface area contributed by atoms with E-state index >= 15 is 0 Å². The molecule has 8 heteroatoms. The van der Waals surface area contributed by atoms with Gasteiger partial charge in [-0.3, -0.25) is 9.59 Å². The molecule has 180 valence electrons. The minimum absolute atomic E-state index is 0.0639. The van der Waals surface area contributed by atoms with Crippen LogP contribution in [0.4, 0.5) is 5.82 Å². The Hall–Kier alpha value is -3.03. The van der Waals surface area contributed by atoms with Crippen molar-refractivity contribution in [2.75, 3.05) is 12.4 Å². The molecule has 1 aliphatic carbocycles. The third-order valence-electron chi connectivity index (χ3n) is 6.41. The van der Waals surface area contributed by atoms with Gasteiger partial charge < -0.3 is 15.0 Å². The minimum atomic E-state index is -0.487. The standard InChI is InChI=1S/C27H26ClN3O3S/c1-27(2)12-19-22(20(32)13-27)21(16-7-9-18(34-3)10-8-16)23-24(29-19)30-26(31-25(23)33)35-14-15-5-4-6-17(28)11-15/h4-11,21H,12-14H2,1-3H3,(H2,29,30,31,33). The van der Waals surface area contributed by atoms with Gasteiger partial charge in [0.25, 0.3) is 5.56 Å². The maximum Gasteiger partial charge on any atom is 0.257 e. The number of carbonyl (C=O) groups is 1. The maximum absolute atomic E-state index is 13.4. The lowest BCUT2D eigenvalue weighted by molar-refractivity contribution is -0.118. The highest BCUT2D eigenvalue weighted by Gasteiger charge is 2.42. The number of fused-ring (bicyclic) bond motifs is 1. The highest BCUT2D eigenvalue weighted by atomic mass is 35.5. The Balaban J connectivity index is 1.57. The number of rotatable bonds is 5. The zero-order valence-electron chi connectivity index (χ0n) is 19.8. The Morgan fingerprint density at radius 2 is 1.91 bits per heavy atom. The minimum Gasteiger partial charge on any atom is -0.497 e. The van der Waals surface area contributed by atoms with Crippen LogP contribution in [0.1, 0.15) is 49.3 Å². The van der Waals surface area contributed by atoms with Gasteiger partial charge in [-0.05, 0) is 47.2 Å². The third kappa shape index (κ3) is 4.75. The SMILES string of the molecule is COc1ccc(C2C3=C(CC(C)(C)CC3=O)Nc3nc(SCc4cccc(Cl)c4)[nH]c(=O)c32)cc1. The van der Waals surface area contributed by atoms with Gasteiger partial charge in [-0.15, -0.1) is 0 Å². The second kappa shape index (κ2) is 9.21. The van der Waals surface area contributed by atoms with E-state index in [4.69, 9.17) is 21.3 Å². The third-order valence-corrected chi connectivity index (χ3v) is 7.59. The van der Waals surface area contributed by atoms with Gasteiger partial charge in [0.05, 0.1) is 12.7 Å². The number of H-pyrrole nitrogens is 1. The molecule has 0 amide bonds. The van der Waals surface area contributed by atoms with Crippen LogP contribution in [-0.4, -0.2) is 22.9 Å². The first-order chi connectivity index (χ1) is 16.7. The Labute approximate surface area is 213 Å². The molecule has 2 aromatic carbocycles. The number of nitrogens with one attached hydrogen (secondary N) is 2. The topological polar surface area (TPSA) is 84.1 Å². The number of anilines is 1. The fourth-order valence-corrected chi connectivity index (χ4v) is 5.89. The number of Topliss-reactive ketones (excluding diaryl/α,β-unsaturated/α-hetero) is 1. The highest BCUT2D eigenvalue weighted by Crippen LogP contribution is 2.47. The summed E-state index contributed by atoms with van der Waals surface area (Å²) in [7, 11) is 1.61. The van der Waals surface area contributed by atoms with Crippen molar-refractivity contribution in [1.82, 2.24) is 9.97 Å². The van der Waals surface area contributed by atoms with Gasteiger partial charge in [-0.2, -0.15) is 0 Å². The van der Waals surface area contributed by atoms with Crippen LogP contribution in [0, 0.1) is 5.41 Å². The lowest BCUT2D eigenvalue weighted by Crippen LogP contribution is -2.37. The summed E-state index contributed by atoms with van der Waals surface area (Å²) in [5.74, 6) is 1.41. The molecule has 2 aliphatic rings. The Morgan fingerprint density at radius 3 is 2.63 bits per heavy atom. The van der Waals surface area contributed by atoms with Crippen LogP contribution in [-0.2, 0) is 10.5 Å². The Morgan fingerprint density at radius 1 is 1.14 bits per heavy atom. The Bertz CT molecular complexity index is 1400. The van der Waals surface area contributed by atoms with Gasteiger partial charge in [0.2, 0.25) is 0 Å². The van der Waals surface area contributed by atoms with E-state index in [0.29, 0.717) is 51.5 Å². The van der Waals surface area contributed by atoms with E-state index in [1.807, 2.05) is 48.5 Å². The first-order valence-corrected chi connectivity index (χ1v) is 12.8. The van der Waals surface area contributed by atoms with Crippen molar-refractivity contribution in [2.24, 2.45) is 5.41 Å². The Kier molecular flexibility index (Phi) is 6.23. The molecule has 1 aromatic heterocycles. The molecule has 3 aromatic rings. The predicted octanol–water partition coefficient (Wildman–Crippen LogP) is 5.92. The monoisotopic (exact) mass is 507 g/mol. The number of allylic oxidation sites excluding steroid dienone is 2. The molecule has 1 unspecified atom stereocenters. The van der Waals surface area contributed by atoms with Gasteiger partial charge in [-0.1, -0.05) is 61.5 Å². The normalized spacial score (nSPS) is 18.5. The molecule has 1 aliphatic heterocycles. The number of hydrogen-bond donors (Lipinski definition) is 2. The summed E-state index contributed by atoms with van der Waals surface area (Å²) in [4.78, 5) is 34.5. The molecular weight excluding hydrogens is 482 g/mol. The van der Waals surface area contributed by atoms with Crippen LogP contribution in [0.15, 0.2) is 69.8 Å². The summed E-state index contributed by atoms with van der Waals surface area (Å²) in [5.41, 5.74) is 3.46. The first kappa shape index (κ1) is 23.7. The van der Waals surface area contributed by atoms with Crippen molar-refractivity contribution in [3.8, 4) is 5.75 Å². The lowest BCUT2D eigenvalue weighted by atomic mass is 9.69. The summed E-state index contributed by atoms with van der Waals surface area (Å²) in [6.07, 6.45) is 1.15. The second-order valence-corrected chi connectivity index (χ2v) is 11.1. The molecular formula is C27H26ClN3O3S. The van der Waals surface area contributed by atoms with E-state index in [-0.39, 0.29) is 16.8 Å². The van der Waals surface area contributed by atoms with Crippen LogP contribution in [0.2, 0.25) is 5.02 Å². The number of halogens is 1. The first-order valence-electron chi connectivity index (χ1n) is 11.4. The van der Waals surface area contributed by atoms with E-state index < -0.39 is 5.92 Å². The number of carbonyl (C=O) groups excluding carboxylic acids is 1. The van der Waals surface area contributed by atoms with E-state index in [1.54, 1.807) is 7.11 Å². The molecule has 0 spiro atoms. The smallest absolute Gasteiger partial charge is 0.257 e. The summed E-state index contributed by atoms with van der Waals surface area (Å²) >= 11 is 7.54. The van der Waals surface area contributed by atoms with Crippen molar-refractivity contribution in [2.45, 2.75) is 43.5 Å². The summed E-state index contributed by atoms with van der Waals surface area (Å²) in [6.45, 7) is 4.18. The van der Waals surface area contributed by atoms with E-state index in [9.17, 15) is 9.59 Å². The molecule has 0 bridgehead atoms. The molecule has 2 N–H and O–H groups in total. The van der Waals surface area contributed by atoms with E-state index in [1.165, 1.54) is 11.8 Å². The van der Waals surface area contributed by atoms with Crippen molar-refractivity contribution >= 4 is 35.0 Å². The number of thioether (sulfide) groups is 1. The van der Waals surface area contributed by atoms with Crippen LogP contribution in [0.25, 0.3) is 0 Å². The lowest BCUT2D eigenvalue weighted by Gasteiger charge is -2.38. The van der Waals surface area contributed by atoms with Gasteiger partial charge in [0, 0.05) is 34.4 Å². The second-order valence-electron chi connectivity index (χ2n) is 9.72. The van der Waals surface area contributed by atoms with Gasteiger partial charge in [0.15, 0.2) is 10.9 Å². The maximum atomic E-state index is 13.4. The van der Waals surface area contributed by atoms with Crippen molar-refractivity contribution in [3.63, 3.8) is 0 Å². The van der Waals surface area contributed by atoms with Crippen molar-refractivity contribution < 1.29 is 9.53 Å². The van der Waals surface area contributed by atoms with Gasteiger partial charge >= 0.3 is 0 Å². The number of aromatic nitrogens is 2. The van der Waals surface area contributed by atoms with Crippen molar-refractivity contribution in [1.29, 1.82) is 0 Å². The molecule has 0 radical (unpaired) electrons. The van der Waals surface area contributed by atoms with Crippen LogP contribution in [0.3, 0.4) is 0 Å². The fourth-order valence-electron chi connectivity index (χ4n) is 4.87. The summed E-state index contributed by atoms with van der Waals surface area (Å²) in [6, 6.07) is 15.1. The van der Waals surface area contributed by atoms with Crippen LogP contribution < -0.4 is 15.6 Å². The zero-order chi connectivity index (χ0) is 24.7. The van der Waals surface area contributed by atoms with Gasteiger partial charge in [-0.25, -0.2) is 4.98 Å². The summed E-state index contributed by atoms with van der Waals surface area (Å²) in [5, 5.41) is 4.55. The van der Waals surface area contributed by atoms with Crippen LogP contribution in [0.5, 0.6) is 5.75 Å². The average Bonchev–Trinajstić information content (AvgIpc) is 2.81. The fraction of sp³-hybridized carbons (Fsp3) is 0.296. The molecule has 2 heterocycles. The predicted molar refractivity (Wildman–Crippen MR) is 139 cm³/mol. The molecule has 0 saturated heterocycles. The summed E-state index contributed by atoms with van der Waals surface area (Å²) < 4.78 is 5.31. The molecule has 35 heavy (non-hydrogen) atoms. The molecule has 1 atom stereocenters. The van der Waals surface area contributed by atoms with E-state index in [2.05, 4.69) is 24.1 Å². The number of aromatic amines is 1. The number of ether oxygens (including phenoxy) is 1. The molecule has 0 fully saturated rings.